The van der Waals surface area contributed by atoms with Gasteiger partial charge in [0, 0.05) is 0 Å². The maximum absolute atomic E-state index is 12.9. The molecule has 1 aromatic carbocycles. The van der Waals surface area contributed by atoms with Crippen LogP contribution < -0.4 is 10.1 Å². The number of aryl methyl sites for hydroxylation is 1. The van der Waals surface area contributed by atoms with Crippen LogP contribution >= 0.6 is 0 Å². The highest BCUT2D eigenvalue weighted by molar-refractivity contribution is 5.39. The fourth-order valence-electron chi connectivity index (χ4n) is 2.06. The Labute approximate surface area is 104 Å². The molecule has 1 fully saturated rings. The van der Waals surface area contributed by atoms with E-state index in [4.69, 9.17) is 4.74 Å². The van der Waals surface area contributed by atoms with Crippen molar-refractivity contribution in [3.8, 4) is 5.75 Å². The quantitative estimate of drug-likeness (QED) is 0.881. The fraction of sp³-hybridized carbons (Fsp3) is 0.538. The molecule has 0 amide bonds. The van der Waals surface area contributed by atoms with Crippen molar-refractivity contribution in [1.82, 2.24) is 5.32 Å². The monoisotopic (exact) mass is 259 g/mol. The summed E-state index contributed by atoms with van der Waals surface area (Å²) < 4.78 is 44.2. The van der Waals surface area contributed by atoms with Gasteiger partial charge in [-0.2, -0.15) is 13.2 Å². The molecular formula is C13H16F3NO. The van der Waals surface area contributed by atoms with Crippen molar-refractivity contribution in [3.05, 3.63) is 29.3 Å². The maximum atomic E-state index is 12.9. The van der Waals surface area contributed by atoms with E-state index >= 15 is 0 Å². The second-order valence-electron chi connectivity index (χ2n) is 4.56. The SMILES string of the molecule is Cc1ccc(OC2CCNCC2)c(C(F)(F)F)c1. The van der Waals surface area contributed by atoms with Crippen LogP contribution in [-0.2, 0) is 6.18 Å². The number of hydrogen-bond donors (Lipinski definition) is 1. The van der Waals surface area contributed by atoms with Crippen LogP contribution in [0.3, 0.4) is 0 Å². The molecule has 2 rings (SSSR count). The van der Waals surface area contributed by atoms with Crippen LogP contribution in [0.1, 0.15) is 24.0 Å². The van der Waals surface area contributed by atoms with E-state index in [1.165, 1.54) is 6.07 Å². The van der Waals surface area contributed by atoms with Crippen LogP contribution in [0, 0.1) is 6.92 Å². The zero-order valence-corrected chi connectivity index (χ0v) is 10.2. The Balaban J connectivity index is 2.21. The summed E-state index contributed by atoms with van der Waals surface area (Å²) in [5.74, 6) is -0.0556. The second-order valence-corrected chi connectivity index (χ2v) is 4.56. The molecule has 1 aromatic rings. The summed E-state index contributed by atoms with van der Waals surface area (Å²) in [6.07, 6.45) is -3.01. The molecule has 0 unspecified atom stereocenters. The van der Waals surface area contributed by atoms with Crippen molar-refractivity contribution >= 4 is 0 Å². The van der Waals surface area contributed by atoms with Gasteiger partial charge in [-0.05, 0) is 45.0 Å². The molecule has 5 heteroatoms. The first-order valence-corrected chi connectivity index (χ1v) is 6.02. The van der Waals surface area contributed by atoms with Gasteiger partial charge in [-0.3, -0.25) is 0 Å². The molecule has 0 aliphatic carbocycles. The Kier molecular flexibility index (Phi) is 3.80. The number of benzene rings is 1. The zero-order valence-electron chi connectivity index (χ0n) is 10.2. The molecule has 2 nitrogen and oxygen atoms in total. The van der Waals surface area contributed by atoms with Gasteiger partial charge in [0.2, 0.25) is 0 Å². The summed E-state index contributed by atoms with van der Waals surface area (Å²) in [5.41, 5.74) is -0.0963. The number of ether oxygens (including phenoxy) is 1. The third-order valence-corrected chi connectivity index (χ3v) is 3.02. The van der Waals surface area contributed by atoms with Gasteiger partial charge >= 0.3 is 6.18 Å². The van der Waals surface area contributed by atoms with E-state index in [1.807, 2.05) is 0 Å². The Morgan fingerprint density at radius 3 is 2.50 bits per heavy atom. The molecule has 1 heterocycles. The van der Waals surface area contributed by atoms with Crippen LogP contribution in [0.4, 0.5) is 13.2 Å². The normalized spacial score (nSPS) is 17.8. The smallest absolute Gasteiger partial charge is 0.419 e. The molecule has 0 atom stereocenters. The highest BCUT2D eigenvalue weighted by atomic mass is 19.4. The molecule has 1 saturated heterocycles. The topological polar surface area (TPSA) is 21.3 Å². The van der Waals surface area contributed by atoms with Gasteiger partial charge in [0.05, 0.1) is 5.56 Å². The minimum Gasteiger partial charge on any atom is -0.490 e. The Morgan fingerprint density at radius 1 is 1.22 bits per heavy atom. The van der Waals surface area contributed by atoms with Gasteiger partial charge in [-0.15, -0.1) is 0 Å². The molecule has 1 aliphatic rings. The molecule has 100 valence electrons. The molecule has 0 radical (unpaired) electrons. The van der Waals surface area contributed by atoms with Gasteiger partial charge in [-0.25, -0.2) is 0 Å². The molecule has 18 heavy (non-hydrogen) atoms. The lowest BCUT2D eigenvalue weighted by molar-refractivity contribution is -0.139. The Morgan fingerprint density at radius 2 is 1.89 bits per heavy atom. The average Bonchev–Trinajstić information content (AvgIpc) is 2.31. The third-order valence-electron chi connectivity index (χ3n) is 3.02. The summed E-state index contributed by atoms with van der Waals surface area (Å²) in [4.78, 5) is 0. The molecular weight excluding hydrogens is 243 g/mol. The van der Waals surface area contributed by atoms with E-state index in [0.29, 0.717) is 5.56 Å². The molecule has 0 aromatic heterocycles. The van der Waals surface area contributed by atoms with Crippen molar-refractivity contribution < 1.29 is 17.9 Å². The summed E-state index contributed by atoms with van der Waals surface area (Å²) in [7, 11) is 0. The maximum Gasteiger partial charge on any atom is 0.419 e. The van der Waals surface area contributed by atoms with E-state index in [-0.39, 0.29) is 11.9 Å². The lowest BCUT2D eigenvalue weighted by Crippen LogP contribution is -2.34. The predicted octanol–water partition coefficient (Wildman–Crippen LogP) is 3.14. The van der Waals surface area contributed by atoms with Gasteiger partial charge in [0.1, 0.15) is 11.9 Å². The van der Waals surface area contributed by atoms with Gasteiger partial charge in [0.25, 0.3) is 0 Å². The van der Waals surface area contributed by atoms with Crippen molar-refractivity contribution in [2.75, 3.05) is 13.1 Å². The van der Waals surface area contributed by atoms with Crippen molar-refractivity contribution in [1.29, 1.82) is 0 Å². The van der Waals surface area contributed by atoms with Crippen LogP contribution in [-0.4, -0.2) is 19.2 Å². The fourth-order valence-corrected chi connectivity index (χ4v) is 2.06. The highest BCUT2D eigenvalue weighted by Gasteiger charge is 2.35. The molecule has 1 N–H and O–H groups in total. The predicted molar refractivity (Wildman–Crippen MR) is 62.7 cm³/mol. The summed E-state index contributed by atoms with van der Waals surface area (Å²) >= 11 is 0. The minimum atomic E-state index is -4.37. The average molecular weight is 259 g/mol. The number of halogens is 3. The third kappa shape index (κ3) is 3.16. The lowest BCUT2D eigenvalue weighted by Gasteiger charge is -2.25. The number of hydrogen-bond acceptors (Lipinski definition) is 2. The largest absolute Gasteiger partial charge is 0.490 e. The van der Waals surface area contributed by atoms with E-state index in [0.717, 1.165) is 32.0 Å². The summed E-state index contributed by atoms with van der Waals surface area (Å²) in [6, 6.07) is 4.20. The van der Waals surface area contributed by atoms with Gasteiger partial charge in [0.15, 0.2) is 0 Å². The first-order chi connectivity index (χ1) is 8.47. The van der Waals surface area contributed by atoms with E-state index in [2.05, 4.69) is 5.32 Å². The van der Waals surface area contributed by atoms with E-state index in [1.54, 1.807) is 13.0 Å². The van der Waals surface area contributed by atoms with Crippen LogP contribution in [0.15, 0.2) is 18.2 Å². The van der Waals surface area contributed by atoms with Crippen LogP contribution in [0.25, 0.3) is 0 Å². The van der Waals surface area contributed by atoms with E-state index in [9.17, 15) is 13.2 Å². The van der Waals surface area contributed by atoms with Crippen molar-refractivity contribution in [2.24, 2.45) is 0 Å². The standard InChI is InChI=1S/C13H16F3NO/c1-9-2-3-12(11(8-9)13(14,15)16)18-10-4-6-17-7-5-10/h2-3,8,10,17H,4-7H2,1H3. The van der Waals surface area contributed by atoms with Gasteiger partial charge < -0.3 is 10.1 Å². The highest BCUT2D eigenvalue weighted by Crippen LogP contribution is 2.37. The number of piperidine rings is 1. The number of rotatable bonds is 2. The second kappa shape index (κ2) is 5.18. The van der Waals surface area contributed by atoms with Crippen LogP contribution in [0.5, 0.6) is 5.75 Å². The Hall–Kier alpha value is -1.23. The lowest BCUT2D eigenvalue weighted by atomic mass is 10.1. The number of nitrogens with one attached hydrogen (secondary N) is 1. The molecule has 0 spiro atoms. The van der Waals surface area contributed by atoms with E-state index < -0.39 is 11.7 Å². The zero-order chi connectivity index (χ0) is 13.2. The first kappa shape index (κ1) is 13.2. The molecule has 1 aliphatic heterocycles. The molecule has 0 saturated carbocycles. The Bertz CT molecular complexity index is 411. The number of alkyl halides is 3. The van der Waals surface area contributed by atoms with Gasteiger partial charge in [-0.1, -0.05) is 11.6 Å². The summed E-state index contributed by atoms with van der Waals surface area (Å²) in [6.45, 7) is 3.22. The van der Waals surface area contributed by atoms with Crippen molar-refractivity contribution in [2.45, 2.75) is 32.0 Å². The van der Waals surface area contributed by atoms with Crippen molar-refractivity contribution in [3.63, 3.8) is 0 Å². The minimum absolute atomic E-state index is 0.0556. The summed E-state index contributed by atoms with van der Waals surface area (Å²) in [5, 5.41) is 3.15. The molecule has 0 bridgehead atoms. The van der Waals surface area contributed by atoms with Crippen LogP contribution in [0.2, 0.25) is 0 Å². The first-order valence-electron chi connectivity index (χ1n) is 6.02.